The van der Waals surface area contributed by atoms with Crippen molar-refractivity contribution in [2.75, 3.05) is 10.6 Å². The lowest BCUT2D eigenvalue weighted by atomic mass is 10.1. The van der Waals surface area contributed by atoms with Crippen molar-refractivity contribution in [3.63, 3.8) is 0 Å². The molecule has 144 valence electrons. The number of hydrogen-bond donors (Lipinski definition) is 2. The molecule has 4 rings (SSSR count). The van der Waals surface area contributed by atoms with Crippen LogP contribution in [0.3, 0.4) is 0 Å². The summed E-state index contributed by atoms with van der Waals surface area (Å²) >= 11 is 2.74. The molecule has 3 aromatic rings. The Morgan fingerprint density at radius 3 is 2.54 bits per heavy atom. The molecule has 0 unspecified atom stereocenters. The zero-order chi connectivity index (χ0) is 19.7. The number of thiazole rings is 2. The first kappa shape index (κ1) is 18.8. The van der Waals surface area contributed by atoms with Gasteiger partial charge in [0.2, 0.25) is 11.8 Å². The largest absolute Gasteiger partial charge is 0.302 e. The van der Waals surface area contributed by atoms with E-state index in [1.165, 1.54) is 33.8 Å². The predicted octanol–water partition coefficient (Wildman–Crippen LogP) is 4.41. The normalized spacial score (nSPS) is 13.4. The highest BCUT2D eigenvalue weighted by Gasteiger charge is 2.30. The van der Waals surface area contributed by atoms with Gasteiger partial charge in [0, 0.05) is 22.2 Å². The number of amides is 2. The minimum atomic E-state index is -0.175. The molecule has 0 spiro atoms. The van der Waals surface area contributed by atoms with Crippen LogP contribution in [0.4, 0.5) is 10.3 Å². The number of aromatic nitrogens is 2. The molecule has 8 heteroatoms. The van der Waals surface area contributed by atoms with E-state index < -0.39 is 0 Å². The van der Waals surface area contributed by atoms with E-state index >= 15 is 0 Å². The summed E-state index contributed by atoms with van der Waals surface area (Å²) in [5.41, 5.74) is 4.98. The first-order valence-corrected chi connectivity index (χ1v) is 10.8. The minimum absolute atomic E-state index is 0.0204. The van der Waals surface area contributed by atoms with Crippen LogP contribution in [0.2, 0.25) is 0 Å². The van der Waals surface area contributed by atoms with Gasteiger partial charge in [-0.05, 0) is 43.9 Å². The number of nitrogens with one attached hydrogen (secondary N) is 2. The van der Waals surface area contributed by atoms with E-state index in [4.69, 9.17) is 0 Å². The van der Waals surface area contributed by atoms with Crippen LogP contribution in [-0.2, 0) is 16.0 Å². The molecule has 2 amide bonds. The number of carbonyl (C=O) groups is 2. The summed E-state index contributed by atoms with van der Waals surface area (Å²) in [6, 6.07) is 6.21. The molecule has 28 heavy (non-hydrogen) atoms. The standard InChI is InChI=1S/C20H20N4O2S2/c1-11-3-4-14(7-12(11)2)16-10-28-20(22-16)23-17(25)8-15-9-27-19(21-15)24-18(26)13-5-6-13/h3-4,7,9-10,13H,5-6,8H2,1-2H3,(H,21,24,26)(H,22,23,25). The van der Waals surface area contributed by atoms with Crippen molar-refractivity contribution < 1.29 is 9.59 Å². The van der Waals surface area contributed by atoms with Crippen LogP contribution in [0, 0.1) is 19.8 Å². The first-order valence-electron chi connectivity index (χ1n) is 9.06. The molecule has 0 bridgehead atoms. The van der Waals surface area contributed by atoms with E-state index in [2.05, 4.69) is 46.6 Å². The van der Waals surface area contributed by atoms with Crippen molar-refractivity contribution in [3.05, 3.63) is 45.8 Å². The van der Waals surface area contributed by atoms with E-state index in [-0.39, 0.29) is 24.2 Å². The van der Waals surface area contributed by atoms with Gasteiger partial charge >= 0.3 is 0 Å². The van der Waals surface area contributed by atoms with E-state index in [0.29, 0.717) is 16.0 Å². The molecule has 1 aliphatic carbocycles. The molecule has 1 aliphatic rings. The van der Waals surface area contributed by atoms with E-state index in [9.17, 15) is 9.59 Å². The molecular weight excluding hydrogens is 392 g/mol. The summed E-state index contributed by atoms with van der Waals surface area (Å²) in [7, 11) is 0. The summed E-state index contributed by atoms with van der Waals surface area (Å²) < 4.78 is 0. The molecule has 0 aliphatic heterocycles. The quantitative estimate of drug-likeness (QED) is 0.628. The monoisotopic (exact) mass is 412 g/mol. The average molecular weight is 413 g/mol. The molecule has 1 saturated carbocycles. The third-order valence-corrected chi connectivity index (χ3v) is 6.19. The van der Waals surface area contributed by atoms with Gasteiger partial charge in [-0.2, -0.15) is 0 Å². The maximum Gasteiger partial charge on any atom is 0.232 e. The van der Waals surface area contributed by atoms with Crippen molar-refractivity contribution >= 4 is 44.8 Å². The van der Waals surface area contributed by atoms with Crippen molar-refractivity contribution in [2.45, 2.75) is 33.1 Å². The fourth-order valence-corrected chi connectivity index (χ4v) is 4.14. The predicted molar refractivity (Wildman–Crippen MR) is 113 cm³/mol. The number of aryl methyl sites for hydroxylation is 2. The van der Waals surface area contributed by atoms with Crippen LogP contribution in [-0.4, -0.2) is 21.8 Å². The Kier molecular flexibility index (Phi) is 5.23. The van der Waals surface area contributed by atoms with Gasteiger partial charge in [0.25, 0.3) is 0 Å². The summed E-state index contributed by atoms with van der Waals surface area (Å²) in [5.74, 6) is -0.0228. The Balaban J connectivity index is 1.35. The summed E-state index contributed by atoms with van der Waals surface area (Å²) in [5, 5.41) is 10.5. The third kappa shape index (κ3) is 4.45. The first-order chi connectivity index (χ1) is 13.5. The second-order valence-electron chi connectivity index (χ2n) is 6.97. The van der Waals surface area contributed by atoms with Crippen LogP contribution in [0.25, 0.3) is 11.3 Å². The zero-order valence-corrected chi connectivity index (χ0v) is 17.2. The molecular formula is C20H20N4O2S2. The SMILES string of the molecule is Cc1ccc(-c2csc(NC(=O)Cc3csc(NC(=O)C4CC4)n3)n2)cc1C. The summed E-state index contributed by atoms with van der Waals surface area (Å²) in [6.45, 7) is 4.15. The van der Waals surface area contributed by atoms with Crippen LogP contribution >= 0.6 is 22.7 Å². The Labute approximate surface area is 171 Å². The van der Waals surface area contributed by atoms with Gasteiger partial charge in [0.1, 0.15) is 0 Å². The van der Waals surface area contributed by atoms with Crippen LogP contribution < -0.4 is 10.6 Å². The Hall–Kier alpha value is -2.58. The number of nitrogens with zero attached hydrogens (tertiary/aromatic N) is 2. The van der Waals surface area contributed by atoms with E-state index in [0.717, 1.165) is 24.1 Å². The number of rotatable bonds is 6. The zero-order valence-electron chi connectivity index (χ0n) is 15.6. The molecule has 0 radical (unpaired) electrons. The second kappa shape index (κ2) is 7.81. The molecule has 1 fully saturated rings. The number of carbonyl (C=O) groups excluding carboxylic acids is 2. The highest BCUT2D eigenvalue weighted by Crippen LogP contribution is 2.31. The van der Waals surface area contributed by atoms with Gasteiger partial charge in [-0.3, -0.25) is 9.59 Å². The maximum atomic E-state index is 12.3. The van der Waals surface area contributed by atoms with E-state index in [1.54, 1.807) is 5.38 Å². The van der Waals surface area contributed by atoms with Gasteiger partial charge < -0.3 is 10.6 Å². The Morgan fingerprint density at radius 1 is 1.04 bits per heavy atom. The van der Waals surface area contributed by atoms with Gasteiger partial charge in [-0.15, -0.1) is 22.7 Å². The van der Waals surface area contributed by atoms with Crippen LogP contribution in [0.5, 0.6) is 0 Å². The molecule has 0 atom stereocenters. The molecule has 2 heterocycles. The summed E-state index contributed by atoms with van der Waals surface area (Å²) in [6.07, 6.45) is 2.04. The van der Waals surface area contributed by atoms with Gasteiger partial charge in [-0.25, -0.2) is 9.97 Å². The summed E-state index contributed by atoms with van der Waals surface area (Å²) in [4.78, 5) is 32.9. The van der Waals surface area contributed by atoms with Crippen LogP contribution in [0.15, 0.2) is 29.0 Å². The fraction of sp³-hybridized carbons (Fsp3) is 0.300. The maximum absolute atomic E-state index is 12.3. The lowest BCUT2D eigenvalue weighted by Gasteiger charge is -2.02. The van der Waals surface area contributed by atoms with E-state index in [1.807, 2.05) is 11.4 Å². The highest BCUT2D eigenvalue weighted by atomic mass is 32.1. The van der Waals surface area contributed by atoms with Crippen molar-refractivity contribution in [2.24, 2.45) is 5.92 Å². The smallest absolute Gasteiger partial charge is 0.232 e. The number of hydrogen-bond acceptors (Lipinski definition) is 6. The Morgan fingerprint density at radius 2 is 1.79 bits per heavy atom. The average Bonchev–Trinajstić information content (AvgIpc) is 3.27. The van der Waals surface area contributed by atoms with Crippen molar-refractivity contribution in [3.8, 4) is 11.3 Å². The Bertz CT molecular complexity index is 1040. The molecule has 2 aromatic heterocycles. The highest BCUT2D eigenvalue weighted by molar-refractivity contribution is 7.14. The van der Waals surface area contributed by atoms with Crippen molar-refractivity contribution in [1.29, 1.82) is 0 Å². The van der Waals surface area contributed by atoms with Crippen LogP contribution in [0.1, 0.15) is 29.7 Å². The molecule has 2 N–H and O–H groups in total. The van der Waals surface area contributed by atoms with Gasteiger partial charge in [-0.1, -0.05) is 12.1 Å². The fourth-order valence-electron chi connectivity index (χ4n) is 2.69. The molecule has 6 nitrogen and oxygen atoms in total. The molecule has 0 saturated heterocycles. The topological polar surface area (TPSA) is 84.0 Å². The lowest BCUT2D eigenvalue weighted by Crippen LogP contribution is -2.15. The van der Waals surface area contributed by atoms with Crippen molar-refractivity contribution in [1.82, 2.24) is 9.97 Å². The number of anilines is 2. The third-order valence-electron chi connectivity index (χ3n) is 4.62. The van der Waals surface area contributed by atoms with Gasteiger partial charge in [0.15, 0.2) is 10.3 Å². The number of benzene rings is 1. The van der Waals surface area contributed by atoms with Gasteiger partial charge in [0.05, 0.1) is 17.8 Å². The minimum Gasteiger partial charge on any atom is -0.302 e. The second-order valence-corrected chi connectivity index (χ2v) is 8.69. The molecule has 1 aromatic carbocycles. The lowest BCUT2D eigenvalue weighted by molar-refractivity contribution is -0.117.